The summed E-state index contributed by atoms with van der Waals surface area (Å²) in [6, 6.07) is 5.62. The van der Waals surface area contributed by atoms with Gasteiger partial charge < -0.3 is 24.2 Å². The number of hydrogen-bond donors (Lipinski definition) is 1. The largest absolute Gasteiger partial charge is 0.496 e. The fourth-order valence-corrected chi connectivity index (χ4v) is 5.32. The molecule has 0 amide bonds. The first-order valence-electron chi connectivity index (χ1n) is 11.3. The van der Waals surface area contributed by atoms with Crippen LogP contribution in [0.15, 0.2) is 24.5 Å². The Hall–Kier alpha value is -2.05. The lowest BCUT2D eigenvalue weighted by atomic mass is 9.72. The van der Waals surface area contributed by atoms with Crippen LogP contribution in [0.4, 0.5) is 0 Å². The second kappa shape index (κ2) is 8.23. The van der Waals surface area contributed by atoms with E-state index in [9.17, 15) is 9.90 Å². The number of hydrogen-bond acceptors (Lipinski definition) is 6. The molecule has 1 aliphatic carbocycles. The van der Waals surface area contributed by atoms with Crippen molar-refractivity contribution in [2.45, 2.75) is 44.8 Å². The van der Waals surface area contributed by atoms with Crippen LogP contribution in [0.3, 0.4) is 0 Å². The van der Waals surface area contributed by atoms with Crippen molar-refractivity contribution >= 4 is 11.4 Å². The summed E-state index contributed by atoms with van der Waals surface area (Å²) in [6.07, 6.45) is 4.66. The van der Waals surface area contributed by atoms with Gasteiger partial charge in [-0.05, 0) is 62.4 Å². The summed E-state index contributed by atoms with van der Waals surface area (Å²) in [7, 11) is 0. The summed E-state index contributed by atoms with van der Waals surface area (Å²) in [5, 5.41) is 10.7. The molecule has 0 bridgehead atoms. The highest BCUT2D eigenvalue weighted by atomic mass is 16.6. The molecule has 1 saturated heterocycles. The highest BCUT2D eigenvalue weighted by Crippen LogP contribution is 2.41. The molecule has 6 nitrogen and oxygen atoms in total. The Kier molecular flexibility index (Phi) is 5.46. The Morgan fingerprint density at radius 1 is 1.07 bits per heavy atom. The number of carbonyl (C=O) groups excluding carboxylic acids is 1. The monoisotopic (exact) mass is 413 g/mol. The lowest BCUT2D eigenvalue weighted by molar-refractivity contribution is -0.133. The van der Waals surface area contributed by atoms with Gasteiger partial charge >= 0.3 is 0 Å². The summed E-state index contributed by atoms with van der Waals surface area (Å²) in [5.41, 5.74) is 1.39. The predicted octanol–water partition coefficient (Wildman–Crippen LogP) is 2.89. The quantitative estimate of drug-likeness (QED) is 0.822. The maximum absolute atomic E-state index is 13.4. The Morgan fingerprint density at radius 3 is 2.63 bits per heavy atom. The van der Waals surface area contributed by atoms with Gasteiger partial charge in [0.25, 0.3) is 0 Å². The summed E-state index contributed by atoms with van der Waals surface area (Å²) < 4.78 is 17.4. The van der Waals surface area contributed by atoms with Crippen molar-refractivity contribution in [2.75, 3.05) is 32.8 Å². The number of aliphatic hydroxyl groups excluding tert-OH is 1. The van der Waals surface area contributed by atoms with Crippen LogP contribution in [0.2, 0.25) is 0 Å². The van der Waals surface area contributed by atoms with Crippen LogP contribution in [0, 0.1) is 17.8 Å². The molecule has 4 unspecified atom stereocenters. The summed E-state index contributed by atoms with van der Waals surface area (Å²) >= 11 is 0. The molecule has 3 heterocycles. The lowest BCUT2D eigenvalue weighted by Gasteiger charge is -2.44. The first kappa shape index (κ1) is 19.9. The van der Waals surface area contributed by atoms with Gasteiger partial charge in [0, 0.05) is 12.5 Å². The van der Waals surface area contributed by atoms with Crippen molar-refractivity contribution in [3.05, 3.63) is 30.0 Å². The number of likely N-dealkylation sites (tertiary alicyclic amines) is 1. The van der Waals surface area contributed by atoms with Gasteiger partial charge in [-0.15, -0.1) is 0 Å². The van der Waals surface area contributed by atoms with E-state index in [-0.39, 0.29) is 23.7 Å². The molecule has 0 spiro atoms. The van der Waals surface area contributed by atoms with Crippen molar-refractivity contribution in [3.63, 3.8) is 0 Å². The third kappa shape index (κ3) is 3.71. The molecule has 1 aromatic carbocycles. The third-order valence-corrected chi connectivity index (χ3v) is 7.23. The van der Waals surface area contributed by atoms with E-state index in [0.29, 0.717) is 43.1 Å². The molecular weight excluding hydrogens is 382 g/mol. The van der Waals surface area contributed by atoms with Crippen molar-refractivity contribution in [2.24, 2.45) is 17.8 Å². The molecule has 0 aromatic heterocycles. The molecule has 6 heteroatoms. The van der Waals surface area contributed by atoms with E-state index in [2.05, 4.69) is 11.8 Å². The zero-order chi connectivity index (χ0) is 20.7. The smallest absolute Gasteiger partial charge is 0.173 e. The van der Waals surface area contributed by atoms with Crippen molar-refractivity contribution in [3.8, 4) is 11.5 Å². The maximum Gasteiger partial charge on any atom is 0.173 e. The molecule has 4 atom stereocenters. The van der Waals surface area contributed by atoms with E-state index >= 15 is 0 Å². The third-order valence-electron chi connectivity index (χ3n) is 7.23. The molecule has 30 heavy (non-hydrogen) atoms. The fourth-order valence-electron chi connectivity index (χ4n) is 5.32. The van der Waals surface area contributed by atoms with Gasteiger partial charge in [-0.25, -0.2) is 0 Å². The molecule has 0 radical (unpaired) electrons. The highest BCUT2D eigenvalue weighted by Gasteiger charge is 2.46. The van der Waals surface area contributed by atoms with E-state index < -0.39 is 6.10 Å². The minimum absolute atomic E-state index is 0.0285. The number of allylic oxidation sites excluding steroid dienone is 1. The standard InChI is InChI=1S/C24H31NO5/c1-15-6-8-25(9-7-15)13-18-20(26)4-3-17-23(27)19(14-30-24(17)18)16-2-5-21-22(12-16)29-11-10-28-21/h2,5,12,14-15,17-18,20,24,26H,3-4,6-11,13H2,1H3. The van der Waals surface area contributed by atoms with Crippen LogP contribution < -0.4 is 9.47 Å². The van der Waals surface area contributed by atoms with E-state index in [1.165, 1.54) is 12.8 Å². The SMILES string of the molecule is CC1CCN(CC2C(O)CCC3C(=O)C(c4ccc5c(c4)OCCO5)=COC32)CC1. The molecule has 1 aromatic rings. The average molecular weight is 414 g/mol. The van der Waals surface area contributed by atoms with Crippen LogP contribution >= 0.6 is 0 Å². The second-order valence-corrected chi connectivity index (χ2v) is 9.25. The Bertz CT molecular complexity index is 829. The number of aliphatic hydroxyl groups is 1. The van der Waals surface area contributed by atoms with E-state index in [1.807, 2.05) is 18.2 Å². The Balaban J connectivity index is 1.35. The first-order chi connectivity index (χ1) is 14.6. The number of rotatable bonds is 3. The molecule has 1 saturated carbocycles. The van der Waals surface area contributed by atoms with Gasteiger partial charge in [0.1, 0.15) is 19.3 Å². The second-order valence-electron chi connectivity index (χ2n) is 9.25. The number of piperidine rings is 1. The first-order valence-corrected chi connectivity index (χ1v) is 11.3. The molecule has 3 aliphatic heterocycles. The lowest BCUT2D eigenvalue weighted by Crippen LogP contribution is -2.52. The number of fused-ring (bicyclic) bond motifs is 2. The number of benzene rings is 1. The minimum atomic E-state index is -0.414. The number of ether oxygens (including phenoxy) is 3. The summed E-state index contributed by atoms with van der Waals surface area (Å²) in [6.45, 7) is 6.29. The fraction of sp³-hybridized carbons (Fsp3) is 0.625. The Morgan fingerprint density at radius 2 is 1.83 bits per heavy atom. The molecule has 5 rings (SSSR count). The molecule has 1 N–H and O–H groups in total. The van der Waals surface area contributed by atoms with Crippen LogP contribution in [-0.4, -0.2) is 60.8 Å². The van der Waals surface area contributed by atoms with E-state index in [1.54, 1.807) is 6.26 Å². The van der Waals surface area contributed by atoms with Crippen LogP contribution in [0.1, 0.15) is 38.2 Å². The topological polar surface area (TPSA) is 68.2 Å². The zero-order valence-electron chi connectivity index (χ0n) is 17.6. The van der Waals surface area contributed by atoms with Crippen molar-refractivity contribution in [1.82, 2.24) is 4.90 Å². The normalized spacial score (nSPS) is 32.2. The van der Waals surface area contributed by atoms with Gasteiger partial charge in [-0.3, -0.25) is 4.79 Å². The number of ketones is 1. The van der Waals surface area contributed by atoms with Crippen molar-refractivity contribution < 1.29 is 24.1 Å². The summed E-state index contributed by atoms with van der Waals surface area (Å²) in [4.78, 5) is 15.8. The Labute approximate surface area is 177 Å². The van der Waals surface area contributed by atoms with Gasteiger partial charge in [0.2, 0.25) is 0 Å². The van der Waals surface area contributed by atoms with Gasteiger partial charge in [-0.1, -0.05) is 13.0 Å². The van der Waals surface area contributed by atoms with E-state index in [0.717, 1.165) is 31.1 Å². The van der Waals surface area contributed by atoms with Crippen LogP contribution in [-0.2, 0) is 9.53 Å². The molecule has 162 valence electrons. The average Bonchev–Trinajstić information content (AvgIpc) is 2.77. The van der Waals surface area contributed by atoms with Gasteiger partial charge in [0.05, 0.1) is 23.9 Å². The summed E-state index contributed by atoms with van der Waals surface area (Å²) in [5.74, 6) is 2.05. The van der Waals surface area contributed by atoms with Gasteiger partial charge in [0.15, 0.2) is 17.3 Å². The van der Waals surface area contributed by atoms with Crippen LogP contribution in [0.25, 0.3) is 5.57 Å². The number of Topliss-reactive ketones (excluding diaryl/α,β-unsaturated/α-hetero) is 1. The maximum atomic E-state index is 13.4. The molecule has 4 aliphatic rings. The van der Waals surface area contributed by atoms with E-state index in [4.69, 9.17) is 14.2 Å². The number of carbonyl (C=O) groups is 1. The zero-order valence-corrected chi connectivity index (χ0v) is 17.6. The van der Waals surface area contributed by atoms with Crippen molar-refractivity contribution in [1.29, 1.82) is 0 Å². The number of nitrogens with zero attached hydrogens (tertiary/aromatic N) is 1. The van der Waals surface area contributed by atoms with Gasteiger partial charge in [-0.2, -0.15) is 0 Å². The van der Waals surface area contributed by atoms with Crippen LogP contribution in [0.5, 0.6) is 11.5 Å². The predicted molar refractivity (Wildman–Crippen MR) is 112 cm³/mol. The highest BCUT2D eigenvalue weighted by molar-refractivity contribution is 6.22. The molecular formula is C24H31NO5. The molecule has 2 fully saturated rings. The minimum Gasteiger partial charge on any atom is -0.496 e.